The summed E-state index contributed by atoms with van der Waals surface area (Å²) in [7, 11) is 0. The first-order chi connectivity index (χ1) is 9.24. The summed E-state index contributed by atoms with van der Waals surface area (Å²) in [5.74, 6) is 1.32. The quantitative estimate of drug-likeness (QED) is 0.882. The first-order valence-electron chi connectivity index (χ1n) is 6.41. The molecular formula is C14H16N2O3. The first kappa shape index (κ1) is 12.0. The molecule has 0 aliphatic heterocycles. The third-order valence-electron chi connectivity index (χ3n) is 3.51. The molecule has 100 valence electrons. The fraction of sp³-hybridized carbons (Fsp3) is 0.357. The second-order valence-corrected chi connectivity index (χ2v) is 4.79. The molecule has 0 fully saturated rings. The molecule has 3 N–H and O–H groups in total. The minimum atomic E-state index is -0.468. The Morgan fingerprint density at radius 3 is 3.16 bits per heavy atom. The van der Waals surface area contributed by atoms with Crippen LogP contribution in [-0.4, -0.2) is 5.91 Å². The summed E-state index contributed by atoms with van der Waals surface area (Å²) in [6.07, 6.45) is 6.33. The van der Waals surface area contributed by atoms with E-state index in [-0.39, 0.29) is 6.04 Å². The van der Waals surface area contributed by atoms with E-state index < -0.39 is 5.91 Å². The van der Waals surface area contributed by atoms with Crippen molar-refractivity contribution in [1.29, 1.82) is 0 Å². The lowest BCUT2D eigenvalue weighted by molar-refractivity contribution is 0.0999. The van der Waals surface area contributed by atoms with Crippen LogP contribution in [0.3, 0.4) is 0 Å². The van der Waals surface area contributed by atoms with Gasteiger partial charge in [-0.1, -0.05) is 0 Å². The van der Waals surface area contributed by atoms with E-state index in [0.717, 1.165) is 25.0 Å². The van der Waals surface area contributed by atoms with Crippen LogP contribution < -0.4 is 11.1 Å². The Kier molecular flexibility index (Phi) is 3.13. The summed E-state index contributed by atoms with van der Waals surface area (Å²) >= 11 is 0. The minimum absolute atomic E-state index is 0.282. The lowest BCUT2D eigenvalue weighted by atomic mass is 9.93. The maximum absolute atomic E-state index is 11.0. The van der Waals surface area contributed by atoms with E-state index in [2.05, 4.69) is 5.32 Å². The lowest BCUT2D eigenvalue weighted by Gasteiger charge is -2.22. The summed E-state index contributed by atoms with van der Waals surface area (Å²) in [6.45, 7) is 0.572. The molecule has 0 unspecified atom stereocenters. The Bertz CT molecular complexity index is 585. The molecule has 1 atom stereocenters. The molecule has 5 heteroatoms. The Morgan fingerprint density at radius 2 is 2.37 bits per heavy atom. The highest BCUT2D eigenvalue weighted by Gasteiger charge is 2.22. The normalized spacial score (nSPS) is 18.2. The van der Waals surface area contributed by atoms with Gasteiger partial charge in [0.05, 0.1) is 18.4 Å². The van der Waals surface area contributed by atoms with Crippen molar-refractivity contribution < 1.29 is 13.6 Å². The van der Waals surface area contributed by atoms with Gasteiger partial charge in [-0.25, -0.2) is 0 Å². The highest BCUT2D eigenvalue weighted by atomic mass is 16.3. The summed E-state index contributed by atoms with van der Waals surface area (Å²) < 4.78 is 10.7. The molecule has 3 rings (SSSR count). The summed E-state index contributed by atoms with van der Waals surface area (Å²) in [6, 6.07) is 3.97. The molecule has 19 heavy (non-hydrogen) atoms. The maximum Gasteiger partial charge on any atom is 0.251 e. The molecule has 0 aromatic carbocycles. The van der Waals surface area contributed by atoms with Gasteiger partial charge in [-0.15, -0.1) is 0 Å². The van der Waals surface area contributed by atoms with Crippen molar-refractivity contribution in [2.24, 2.45) is 5.73 Å². The molecule has 2 heterocycles. The van der Waals surface area contributed by atoms with E-state index in [9.17, 15) is 4.79 Å². The largest absolute Gasteiger partial charge is 0.469 e. The van der Waals surface area contributed by atoms with Gasteiger partial charge in [-0.05, 0) is 25.0 Å². The molecular weight excluding hydrogens is 244 g/mol. The van der Waals surface area contributed by atoms with E-state index >= 15 is 0 Å². The maximum atomic E-state index is 11.0. The molecule has 0 bridgehead atoms. The van der Waals surface area contributed by atoms with E-state index in [4.69, 9.17) is 14.6 Å². The van der Waals surface area contributed by atoms with Crippen molar-refractivity contribution in [2.75, 3.05) is 0 Å². The van der Waals surface area contributed by atoms with Crippen LogP contribution in [0.1, 0.15) is 46.3 Å². The van der Waals surface area contributed by atoms with Gasteiger partial charge in [0.25, 0.3) is 5.91 Å². The van der Waals surface area contributed by atoms with Crippen LogP contribution in [0.5, 0.6) is 0 Å². The van der Waals surface area contributed by atoms with Gasteiger partial charge in [0.15, 0.2) is 0 Å². The summed E-state index contributed by atoms with van der Waals surface area (Å²) in [5, 5.41) is 3.43. The molecule has 0 saturated heterocycles. The number of primary amides is 1. The van der Waals surface area contributed by atoms with Crippen molar-refractivity contribution in [3.8, 4) is 0 Å². The van der Waals surface area contributed by atoms with E-state index in [1.54, 1.807) is 12.3 Å². The predicted octanol–water partition coefficient (Wildman–Crippen LogP) is 2.14. The number of amides is 1. The van der Waals surface area contributed by atoms with Crippen molar-refractivity contribution in [2.45, 2.75) is 31.8 Å². The zero-order valence-corrected chi connectivity index (χ0v) is 10.5. The number of aryl methyl sites for hydroxylation is 1. The monoisotopic (exact) mass is 260 g/mol. The van der Waals surface area contributed by atoms with Crippen LogP contribution in [0, 0.1) is 0 Å². The molecule has 2 aromatic rings. The number of hydrogen-bond donors (Lipinski definition) is 2. The van der Waals surface area contributed by atoms with Gasteiger partial charge in [0.2, 0.25) is 0 Å². The van der Waals surface area contributed by atoms with Crippen LogP contribution in [-0.2, 0) is 13.0 Å². The number of carbonyl (C=O) groups excluding carboxylic acids is 1. The molecule has 2 aromatic heterocycles. The minimum Gasteiger partial charge on any atom is -0.469 e. The second kappa shape index (κ2) is 4.93. The van der Waals surface area contributed by atoms with E-state index in [1.807, 2.05) is 6.07 Å². The standard InChI is InChI=1S/C14H16N2O3/c15-14(17)9-6-10(19-8-9)7-16-12-2-1-3-13-11(12)4-5-18-13/h4-6,8,12,16H,1-3,7H2,(H2,15,17)/t12-/m0/s1. The van der Waals surface area contributed by atoms with Crippen molar-refractivity contribution in [3.05, 3.63) is 47.3 Å². The Balaban J connectivity index is 1.65. The fourth-order valence-corrected chi connectivity index (χ4v) is 2.52. The van der Waals surface area contributed by atoms with Crippen molar-refractivity contribution in [1.82, 2.24) is 5.32 Å². The lowest BCUT2D eigenvalue weighted by Crippen LogP contribution is -2.23. The van der Waals surface area contributed by atoms with E-state index in [0.29, 0.717) is 17.9 Å². The smallest absolute Gasteiger partial charge is 0.251 e. The molecule has 1 aliphatic rings. The highest BCUT2D eigenvalue weighted by molar-refractivity contribution is 5.92. The van der Waals surface area contributed by atoms with Crippen LogP contribution in [0.25, 0.3) is 0 Å². The van der Waals surface area contributed by atoms with Crippen molar-refractivity contribution in [3.63, 3.8) is 0 Å². The number of nitrogens with one attached hydrogen (secondary N) is 1. The van der Waals surface area contributed by atoms with Gasteiger partial charge in [0, 0.05) is 18.0 Å². The highest BCUT2D eigenvalue weighted by Crippen LogP contribution is 2.30. The van der Waals surface area contributed by atoms with Gasteiger partial charge in [-0.2, -0.15) is 0 Å². The third kappa shape index (κ3) is 2.42. The summed E-state index contributed by atoms with van der Waals surface area (Å²) in [5.41, 5.74) is 6.82. The Hall–Kier alpha value is -2.01. The van der Waals surface area contributed by atoms with Crippen LogP contribution >= 0.6 is 0 Å². The fourth-order valence-electron chi connectivity index (χ4n) is 2.52. The number of rotatable bonds is 4. The van der Waals surface area contributed by atoms with Crippen LogP contribution in [0.4, 0.5) is 0 Å². The number of furan rings is 2. The van der Waals surface area contributed by atoms with Crippen LogP contribution in [0.15, 0.2) is 33.5 Å². The van der Waals surface area contributed by atoms with Gasteiger partial charge in [0.1, 0.15) is 17.8 Å². The predicted molar refractivity (Wildman–Crippen MR) is 68.5 cm³/mol. The molecule has 0 radical (unpaired) electrons. The van der Waals surface area contributed by atoms with Crippen LogP contribution in [0.2, 0.25) is 0 Å². The van der Waals surface area contributed by atoms with Gasteiger partial charge in [-0.3, -0.25) is 4.79 Å². The molecule has 5 nitrogen and oxygen atoms in total. The Labute approximate surface area is 110 Å². The van der Waals surface area contributed by atoms with Gasteiger partial charge >= 0.3 is 0 Å². The Morgan fingerprint density at radius 1 is 1.47 bits per heavy atom. The molecule has 1 amide bonds. The number of fused-ring (bicyclic) bond motifs is 1. The molecule has 1 aliphatic carbocycles. The number of carbonyl (C=O) groups is 1. The van der Waals surface area contributed by atoms with Crippen molar-refractivity contribution >= 4 is 5.91 Å². The third-order valence-corrected chi connectivity index (χ3v) is 3.51. The molecule has 0 spiro atoms. The zero-order chi connectivity index (χ0) is 13.2. The first-order valence-corrected chi connectivity index (χ1v) is 6.41. The SMILES string of the molecule is NC(=O)c1coc(CN[C@H]2CCCc3occc32)c1. The topological polar surface area (TPSA) is 81.4 Å². The zero-order valence-electron chi connectivity index (χ0n) is 10.5. The second-order valence-electron chi connectivity index (χ2n) is 4.79. The number of nitrogens with two attached hydrogens (primary N) is 1. The number of hydrogen-bond acceptors (Lipinski definition) is 4. The van der Waals surface area contributed by atoms with Gasteiger partial charge < -0.3 is 19.9 Å². The van der Waals surface area contributed by atoms with E-state index in [1.165, 1.54) is 11.8 Å². The average molecular weight is 260 g/mol. The molecule has 0 saturated carbocycles. The average Bonchev–Trinajstić information content (AvgIpc) is 3.05. The summed E-state index contributed by atoms with van der Waals surface area (Å²) in [4.78, 5) is 11.0.